The van der Waals surface area contributed by atoms with Crippen LogP contribution < -0.4 is 15.4 Å². The van der Waals surface area contributed by atoms with Gasteiger partial charge in [-0.15, -0.1) is 0 Å². The van der Waals surface area contributed by atoms with Gasteiger partial charge in [0.2, 0.25) is 5.95 Å². The number of hydrogen-bond donors (Lipinski definition) is 3. The highest BCUT2D eigenvalue weighted by atomic mass is 16.5. The van der Waals surface area contributed by atoms with E-state index < -0.39 is 0 Å². The molecule has 0 radical (unpaired) electrons. The molecule has 1 aromatic heterocycles. The Morgan fingerprint density at radius 2 is 1.88 bits per heavy atom. The van der Waals surface area contributed by atoms with Crippen LogP contribution in [0.4, 0.5) is 11.8 Å². The van der Waals surface area contributed by atoms with Crippen LogP contribution in [0.15, 0.2) is 48.5 Å². The zero-order valence-corrected chi connectivity index (χ0v) is 14.9. The number of ether oxygens (including phenoxy) is 1. The second-order valence-corrected chi connectivity index (χ2v) is 5.95. The van der Waals surface area contributed by atoms with Gasteiger partial charge in [-0.2, -0.15) is 4.98 Å². The number of anilines is 2. The molecule has 0 saturated carbocycles. The fourth-order valence-corrected chi connectivity index (χ4v) is 2.72. The number of nitrogens with zero attached hydrogens (tertiary/aromatic N) is 2. The van der Waals surface area contributed by atoms with Crippen LogP contribution in [-0.4, -0.2) is 41.9 Å². The summed E-state index contributed by atoms with van der Waals surface area (Å²) in [6.07, 6.45) is 1.53. The third-order valence-electron chi connectivity index (χ3n) is 4.06. The van der Waals surface area contributed by atoms with Crippen molar-refractivity contribution in [3.8, 4) is 5.75 Å². The Balaban J connectivity index is 1.70. The molecular weight excluding hydrogens is 328 g/mol. The van der Waals surface area contributed by atoms with Gasteiger partial charge in [0.15, 0.2) is 0 Å². The normalized spacial score (nSPS) is 10.7. The topological polar surface area (TPSA) is 79.3 Å². The Morgan fingerprint density at radius 1 is 1.00 bits per heavy atom. The van der Waals surface area contributed by atoms with E-state index in [1.165, 1.54) is 5.56 Å². The van der Waals surface area contributed by atoms with Gasteiger partial charge in [-0.3, -0.25) is 0 Å². The molecule has 0 amide bonds. The molecule has 0 fully saturated rings. The Bertz CT molecular complexity index is 854. The maximum absolute atomic E-state index is 8.98. The second kappa shape index (κ2) is 9.01. The monoisotopic (exact) mass is 352 g/mol. The van der Waals surface area contributed by atoms with Crippen LogP contribution in [-0.2, 0) is 6.42 Å². The van der Waals surface area contributed by atoms with Gasteiger partial charge in [-0.1, -0.05) is 24.3 Å². The summed E-state index contributed by atoms with van der Waals surface area (Å²) in [7, 11) is 1.67. The molecule has 136 valence electrons. The lowest BCUT2D eigenvalue weighted by molar-refractivity contribution is 0.292. The van der Waals surface area contributed by atoms with Crippen molar-refractivity contribution < 1.29 is 9.84 Å². The van der Waals surface area contributed by atoms with Gasteiger partial charge in [0.05, 0.1) is 12.6 Å². The smallest absolute Gasteiger partial charge is 0.225 e. The second-order valence-electron chi connectivity index (χ2n) is 5.95. The highest BCUT2D eigenvalue weighted by Crippen LogP contribution is 2.22. The number of methoxy groups -OCH3 is 1. The van der Waals surface area contributed by atoms with Gasteiger partial charge in [0, 0.05) is 25.1 Å². The largest absolute Gasteiger partial charge is 0.497 e. The molecule has 3 aromatic rings. The molecule has 0 aliphatic rings. The lowest BCUT2D eigenvalue weighted by Gasteiger charge is -2.12. The van der Waals surface area contributed by atoms with Crippen molar-refractivity contribution in [1.29, 1.82) is 0 Å². The molecule has 0 atom stereocenters. The standard InChI is InChI=1S/C20H24N4O2/c1-26-16-7-4-6-15(14-16)10-12-22-20-23-18-9-3-2-8-17(18)19(24-20)21-11-5-13-25/h2-4,6-9,14,25H,5,10-13H2,1H3,(H2,21,22,23,24). The molecule has 3 rings (SSSR count). The number of aromatic nitrogens is 2. The van der Waals surface area contributed by atoms with Crippen LogP contribution in [0.1, 0.15) is 12.0 Å². The van der Waals surface area contributed by atoms with Crippen LogP contribution in [0.5, 0.6) is 5.75 Å². The molecule has 26 heavy (non-hydrogen) atoms. The van der Waals surface area contributed by atoms with Gasteiger partial charge in [0.1, 0.15) is 11.6 Å². The number of hydrogen-bond acceptors (Lipinski definition) is 6. The van der Waals surface area contributed by atoms with Gasteiger partial charge < -0.3 is 20.5 Å². The number of para-hydroxylation sites is 1. The summed E-state index contributed by atoms with van der Waals surface area (Å²) in [6, 6.07) is 15.9. The third-order valence-corrected chi connectivity index (χ3v) is 4.06. The minimum Gasteiger partial charge on any atom is -0.497 e. The first-order valence-corrected chi connectivity index (χ1v) is 8.78. The molecule has 0 aliphatic carbocycles. The molecule has 2 aromatic carbocycles. The lowest BCUT2D eigenvalue weighted by Crippen LogP contribution is -2.11. The van der Waals surface area contributed by atoms with E-state index in [0.717, 1.165) is 35.4 Å². The van der Waals surface area contributed by atoms with E-state index in [4.69, 9.17) is 9.84 Å². The quantitative estimate of drug-likeness (QED) is 0.514. The van der Waals surface area contributed by atoms with E-state index >= 15 is 0 Å². The average molecular weight is 352 g/mol. The van der Waals surface area contributed by atoms with Gasteiger partial charge >= 0.3 is 0 Å². The van der Waals surface area contributed by atoms with E-state index in [1.54, 1.807) is 7.11 Å². The zero-order chi connectivity index (χ0) is 18.2. The summed E-state index contributed by atoms with van der Waals surface area (Å²) in [5.74, 6) is 2.24. The number of aliphatic hydroxyl groups is 1. The Morgan fingerprint density at radius 3 is 2.73 bits per heavy atom. The van der Waals surface area contributed by atoms with Crippen LogP contribution in [0.2, 0.25) is 0 Å². The molecule has 0 aliphatic heterocycles. The first kappa shape index (κ1) is 17.9. The molecule has 6 nitrogen and oxygen atoms in total. The Hall–Kier alpha value is -2.86. The van der Waals surface area contributed by atoms with E-state index in [9.17, 15) is 0 Å². The molecular formula is C20H24N4O2. The van der Waals surface area contributed by atoms with Crippen molar-refractivity contribution in [2.24, 2.45) is 0 Å². The predicted octanol–water partition coefficient (Wildman–Crippen LogP) is 3.09. The number of aliphatic hydroxyl groups excluding tert-OH is 1. The van der Waals surface area contributed by atoms with Crippen molar-refractivity contribution in [1.82, 2.24) is 9.97 Å². The fourth-order valence-electron chi connectivity index (χ4n) is 2.72. The highest BCUT2D eigenvalue weighted by molar-refractivity contribution is 5.89. The minimum absolute atomic E-state index is 0.154. The highest BCUT2D eigenvalue weighted by Gasteiger charge is 2.07. The predicted molar refractivity (Wildman–Crippen MR) is 105 cm³/mol. The maximum Gasteiger partial charge on any atom is 0.225 e. The van der Waals surface area contributed by atoms with Crippen molar-refractivity contribution in [2.45, 2.75) is 12.8 Å². The average Bonchev–Trinajstić information content (AvgIpc) is 2.68. The van der Waals surface area contributed by atoms with Crippen LogP contribution >= 0.6 is 0 Å². The first-order valence-electron chi connectivity index (χ1n) is 8.78. The minimum atomic E-state index is 0.154. The molecule has 0 bridgehead atoms. The van der Waals surface area contributed by atoms with Crippen LogP contribution in [0.25, 0.3) is 10.9 Å². The first-order chi connectivity index (χ1) is 12.8. The molecule has 1 heterocycles. The van der Waals surface area contributed by atoms with Crippen molar-refractivity contribution in [2.75, 3.05) is 37.4 Å². The summed E-state index contributed by atoms with van der Waals surface area (Å²) in [6.45, 7) is 1.55. The summed E-state index contributed by atoms with van der Waals surface area (Å²) < 4.78 is 5.26. The Kier molecular flexibility index (Phi) is 6.22. The summed E-state index contributed by atoms with van der Waals surface area (Å²) in [4.78, 5) is 9.19. The summed E-state index contributed by atoms with van der Waals surface area (Å²) >= 11 is 0. The van der Waals surface area contributed by atoms with Gasteiger partial charge in [0.25, 0.3) is 0 Å². The maximum atomic E-state index is 8.98. The van der Waals surface area contributed by atoms with Crippen molar-refractivity contribution in [3.05, 3.63) is 54.1 Å². The van der Waals surface area contributed by atoms with Gasteiger partial charge in [-0.25, -0.2) is 4.98 Å². The van der Waals surface area contributed by atoms with Crippen LogP contribution in [0.3, 0.4) is 0 Å². The number of benzene rings is 2. The molecule has 0 saturated heterocycles. The molecule has 6 heteroatoms. The molecule has 3 N–H and O–H groups in total. The van der Waals surface area contributed by atoms with Crippen molar-refractivity contribution in [3.63, 3.8) is 0 Å². The number of nitrogens with one attached hydrogen (secondary N) is 2. The fraction of sp³-hybridized carbons (Fsp3) is 0.300. The third kappa shape index (κ3) is 4.61. The van der Waals surface area contributed by atoms with Crippen molar-refractivity contribution >= 4 is 22.7 Å². The van der Waals surface area contributed by atoms with Crippen LogP contribution in [0, 0.1) is 0 Å². The molecule has 0 unspecified atom stereocenters. The number of fused-ring (bicyclic) bond motifs is 1. The number of rotatable bonds is 9. The van der Waals surface area contributed by atoms with Gasteiger partial charge in [-0.05, 0) is 42.7 Å². The SMILES string of the molecule is COc1cccc(CCNc2nc(NCCCO)c3ccccc3n2)c1. The zero-order valence-electron chi connectivity index (χ0n) is 14.9. The Labute approximate surface area is 153 Å². The molecule has 0 spiro atoms. The lowest BCUT2D eigenvalue weighted by atomic mass is 10.1. The summed E-state index contributed by atoms with van der Waals surface area (Å²) in [5.41, 5.74) is 2.08. The summed E-state index contributed by atoms with van der Waals surface area (Å²) in [5, 5.41) is 16.5. The van der Waals surface area contributed by atoms with E-state index in [-0.39, 0.29) is 6.61 Å². The van der Waals surface area contributed by atoms with E-state index in [0.29, 0.717) is 18.9 Å². The van der Waals surface area contributed by atoms with E-state index in [2.05, 4.69) is 26.7 Å². The van der Waals surface area contributed by atoms with E-state index in [1.807, 2.05) is 42.5 Å².